The maximum Gasteiger partial charge on any atom is 0.131 e. The molecule has 0 spiro atoms. The molecule has 3 heteroatoms. The second-order valence-corrected chi connectivity index (χ2v) is 15.6. The summed E-state index contributed by atoms with van der Waals surface area (Å²) in [7, 11) is 0. The molecule has 0 fully saturated rings. The number of hydrogen-bond acceptors (Lipinski definition) is 2. The first-order valence-corrected chi connectivity index (χ1v) is 19.4. The van der Waals surface area contributed by atoms with Crippen LogP contribution >= 0.6 is 11.3 Å². The lowest BCUT2D eigenvalue weighted by molar-refractivity contribution is 0.222. The van der Waals surface area contributed by atoms with Gasteiger partial charge in [-0.05, 0) is 113 Å². The Kier molecular flexibility index (Phi) is 8.81. The van der Waals surface area contributed by atoms with Gasteiger partial charge < -0.3 is 4.90 Å². The first-order chi connectivity index (χ1) is 26.4. The highest BCUT2D eigenvalue weighted by Gasteiger charge is 2.27. The van der Waals surface area contributed by atoms with Crippen LogP contribution in [-0.4, -0.2) is 6.04 Å². The van der Waals surface area contributed by atoms with Gasteiger partial charge in [0.15, 0.2) is 0 Å². The third kappa shape index (κ3) is 6.57. The van der Waals surface area contributed by atoms with Crippen LogP contribution < -0.4 is 4.90 Å². The summed E-state index contributed by atoms with van der Waals surface area (Å²) in [4.78, 5) is 2.36. The Hall–Kier alpha value is -6.03. The molecule has 0 saturated carbocycles. The molecule has 54 heavy (non-hydrogen) atoms. The first kappa shape index (κ1) is 33.8. The second-order valence-electron chi connectivity index (χ2n) is 14.6. The van der Waals surface area contributed by atoms with Crippen molar-refractivity contribution in [2.45, 2.75) is 32.0 Å². The summed E-state index contributed by atoms with van der Waals surface area (Å²) in [6, 6.07) is 60.0. The van der Waals surface area contributed by atoms with Crippen molar-refractivity contribution in [3.63, 3.8) is 0 Å². The molecule has 8 aromatic rings. The largest absolute Gasteiger partial charge is 0.334 e. The molecule has 0 radical (unpaired) electrons. The van der Waals surface area contributed by atoms with E-state index in [0.29, 0.717) is 5.56 Å². The van der Waals surface area contributed by atoms with Gasteiger partial charge in [0.2, 0.25) is 0 Å². The van der Waals surface area contributed by atoms with Crippen molar-refractivity contribution in [3.8, 4) is 33.4 Å². The van der Waals surface area contributed by atoms with Gasteiger partial charge in [0.05, 0.1) is 6.04 Å². The van der Waals surface area contributed by atoms with Gasteiger partial charge in [0.1, 0.15) is 5.67 Å². The topological polar surface area (TPSA) is 3.24 Å². The quantitative estimate of drug-likeness (QED) is 0.151. The van der Waals surface area contributed by atoms with Gasteiger partial charge in [0, 0.05) is 31.5 Å². The van der Waals surface area contributed by atoms with E-state index in [4.69, 9.17) is 0 Å². The van der Waals surface area contributed by atoms with E-state index in [9.17, 15) is 0 Å². The molecule has 1 aliphatic carbocycles. The minimum Gasteiger partial charge on any atom is -0.334 e. The summed E-state index contributed by atoms with van der Waals surface area (Å²) in [6.45, 7) is 3.33. The normalized spacial score (nSPS) is 14.4. The van der Waals surface area contributed by atoms with Crippen LogP contribution in [0.2, 0.25) is 0 Å². The average molecular weight is 718 g/mol. The monoisotopic (exact) mass is 717 g/mol. The van der Waals surface area contributed by atoms with Gasteiger partial charge >= 0.3 is 0 Å². The van der Waals surface area contributed by atoms with Crippen LogP contribution in [0.15, 0.2) is 188 Å². The molecular formula is C51H40FNS. The second kappa shape index (κ2) is 14.1. The fourth-order valence-electron chi connectivity index (χ4n) is 7.80. The Morgan fingerprint density at radius 1 is 0.537 bits per heavy atom. The molecule has 1 nitrogen and oxygen atoms in total. The summed E-state index contributed by atoms with van der Waals surface area (Å²) < 4.78 is 19.0. The molecule has 0 saturated heterocycles. The van der Waals surface area contributed by atoms with E-state index in [2.05, 4.69) is 187 Å². The molecule has 1 aliphatic rings. The molecule has 0 bridgehead atoms. The molecule has 1 heterocycles. The standard InChI is InChI=1S/C51H40FNS/c1-51(2,52)48-34-44(30-31-45(48)40-19-17-39(18-20-40)41-25-32-50-47(33-41)46-15-9-10-16-49(46)54-50)53(42-26-21-37(22-27-42)35-11-5-3-6-12-35)43-28-23-38(24-29-43)36-13-7-4-8-14-36/h3-28,30-34,43H,29H2,1-2H3. The number of fused-ring (bicyclic) bond motifs is 3. The Bertz CT molecular complexity index is 2640. The predicted octanol–water partition coefficient (Wildman–Crippen LogP) is 14.8. The summed E-state index contributed by atoms with van der Waals surface area (Å²) >= 11 is 1.83. The van der Waals surface area contributed by atoms with Crippen LogP contribution in [0.1, 0.15) is 31.4 Å². The van der Waals surface area contributed by atoms with E-state index in [1.165, 1.54) is 42.4 Å². The van der Waals surface area contributed by atoms with Crippen LogP contribution in [-0.2, 0) is 5.67 Å². The maximum absolute atomic E-state index is 16.4. The van der Waals surface area contributed by atoms with Gasteiger partial charge in [0.25, 0.3) is 0 Å². The van der Waals surface area contributed by atoms with Crippen LogP contribution in [0.4, 0.5) is 15.8 Å². The lowest BCUT2D eigenvalue weighted by Crippen LogP contribution is -2.30. The predicted molar refractivity (Wildman–Crippen MR) is 230 cm³/mol. The molecule has 0 N–H and O–H groups in total. The fraction of sp³-hybridized carbons (Fsp3) is 0.0980. The molecule has 7 aromatic carbocycles. The Balaban J connectivity index is 1.08. The molecule has 1 aromatic heterocycles. The van der Waals surface area contributed by atoms with E-state index in [1.807, 2.05) is 17.4 Å². The van der Waals surface area contributed by atoms with Gasteiger partial charge in [-0.2, -0.15) is 0 Å². The van der Waals surface area contributed by atoms with Crippen LogP contribution in [0, 0.1) is 0 Å². The first-order valence-electron chi connectivity index (χ1n) is 18.6. The lowest BCUT2D eigenvalue weighted by atomic mass is 9.88. The highest BCUT2D eigenvalue weighted by Crippen LogP contribution is 2.42. The maximum atomic E-state index is 16.4. The average Bonchev–Trinajstić information content (AvgIpc) is 3.60. The molecule has 262 valence electrons. The smallest absolute Gasteiger partial charge is 0.131 e. The minimum atomic E-state index is -1.57. The Morgan fingerprint density at radius 2 is 1.11 bits per heavy atom. The van der Waals surface area contributed by atoms with Gasteiger partial charge in [-0.15, -0.1) is 11.3 Å². The highest BCUT2D eigenvalue weighted by molar-refractivity contribution is 7.25. The Morgan fingerprint density at radius 3 is 1.81 bits per heavy atom. The van der Waals surface area contributed by atoms with E-state index < -0.39 is 5.67 Å². The van der Waals surface area contributed by atoms with Crippen molar-refractivity contribution in [1.29, 1.82) is 0 Å². The number of hydrogen-bond donors (Lipinski definition) is 0. The number of alkyl halides is 1. The number of nitrogens with zero attached hydrogens (tertiary/aromatic N) is 1. The number of thiophene rings is 1. The van der Waals surface area contributed by atoms with Crippen molar-refractivity contribution in [3.05, 3.63) is 199 Å². The van der Waals surface area contributed by atoms with Crippen molar-refractivity contribution < 1.29 is 4.39 Å². The van der Waals surface area contributed by atoms with Gasteiger partial charge in [-0.3, -0.25) is 0 Å². The van der Waals surface area contributed by atoms with Crippen molar-refractivity contribution in [2.24, 2.45) is 0 Å². The van der Waals surface area contributed by atoms with E-state index in [0.717, 1.165) is 40.0 Å². The molecule has 0 aliphatic heterocycles. The number of allylic oxidation sites excluding steroid dienone is 2. The number of rotatable bonds is 8. The molecule has 1 unspecified atom stereocenters. The van der Waals surface area contributed by atoms with E-state index in [-0.39, 0.29) is 6.04 Å². The SMILES string of the molecule is CC(C)(F)c1cc(N(c2ccc(-c3ccccc3)cc2)C2C=CC(c3ccccc3)=CC2)ccc1-c1ccc(-c2ccc3sc4ccccc4c3c2)cc1. The van der Waals surface area contributed by atoms with Gasteiger partial charge in [-0.25, -0.2) is 4.39 Å². The summed E-state index contributed by atoms with van der Waals surface area (Å²) in [5.41, 5.74) is 10.1. The van der Waals surface area contributed by atoms with Crippen molar-refractivity contribution in [2.75, 3.05) is 4.90 Å². The summed E-state index contributed by atoms with van der Waals surface area (Å²) in [5, 5.41) is 2.58. The van der Waals surface area contributed by atoms with Crippen LogP contribution in [0.3, 0.4) is 0 Å². The van der Waals surface area contributed by atoms with Crippen molar-refractivity contribution >= 4 is 48.5 Å². The third-order valence-corrected chi connectivity index (χ3v) is 11.7. The van der Waals surface area contributed by atoms with E-state index in [1.54, 1.807) is 13.8 Å². The van der Waals surface area contributed by atoms with Crippen LogP contribution in [0.5, 0.6) is 0 Å². The zero-order valence-electron chi connectivity index (χ0n) is 30.4. The summed E-state index contributed by atoms with van der Waals surface area (Å²) in [6.07, 6.45) is 7.66. The zero-order chi connectivity index (χ0) is 36.6. The number of benzene rings is 7. The lowest BCUT2D eigenvalue weighted by Gasteiger charge is -2.34. The van der Waals surface area contributed by atoms with E-state index >= 15 is 4.39 Å². The highest BCUT2D eigenvalue weighted by atomic mass is 32.1. The molecule has 0 amide bonds. The zero-order valence-corrected chi connectivity index (χ0v) is 31.2. The minimum absolute atomic E-state index is 0.0541. The fourth-order valence-corrected chi connectivity index (χ4v) is 8.88. The number of anilines is 2. The molecular weight excluding hydrogens is 678 g/mol. The van der Waals surface area contributed by atoms with Gasteiger partial charge in [-0.1, -0.05) is 146 Å². The Labute approximate surface area is 321 Å². The number of halogens is 1. The van der Waals surface area contributed by atoms with Crippen LogP contribution in [0.25, 0.3) is 59.1 Å². The summed E-state index contributed by atoms with van der Waals surface area (Å²) in [5.74, 6) is 0. The van der Waals surface area contributed by atoms with Crippen molar-refractivity contribution in [1.82, 2.24) is 0 Å². The molecule has 9 rings (SSSR count). The third-order valence-electron chi connectivity index (χ3n) is 10.6. The molecule has 1 atom stereocenters.